The third kappa shape index (κ3) is 5.92. The average molecular weight is 695 g/mol. The van der Waals surface area contributed by atoms with Crippen molar-refractivity contribution >= 4 is 21.8 Å². The maximum absolute atomic E-state index is 14.7. The standard InChI is InChI=1S/C46H29F3N4/c47-46(48,49)39-22-12-10-20-35(39)37-27-25-34(45-51-43(31-16-6-2-7-17-31)50-44(52-45)32-18-8-3-9-19-32)29-42(37)53-40-23-13-11-21-36(40)38-26-24-33(28-41(38)53)30-14-4-1-5-15-30/h1-29H. The normalized spacial score (nSPS) is 11.7. The molecule has 0 fully saturated rings. The first-order valence-corrected chi connectivity index (χ1v) is 17.2. The first-order valence-electron chi connectivity index (χ1n) is 17.2. The average Bonchev–Trinajstić information content (AvgIpc) is 3.54. The molecule has 4 nitrogen and oxygen atoms in total. The molecule has 2 heterocycles. The van der Waals surface area contributed by atoms with Gasteiger partial charge in [-0.25, -0.2) is 15.0 Å². The van der Waals surface area contributed by atoms with Crippen molar-refractivity contribution in [3.63, 3.8) is 0 Å². The van der Waals surface area contributed by atoms with Gasteiger partial charge in [0.1, 0.15) is 0 Å². The van der Waals surface area contributed by atoms with Crippen LogP contribution in [0, 0.1) is 0 Å². The lowest BCUT2D eigenvalue weighted by molar-refractivity contribution is -0.137. The number of aromatic nitrogens is 4. The Morgan fingerprint density at radius 2 is 0.887 bits per heavy atom. The van der Waals surface area contributed by atoms with Crippen molar-refractivity contribution in [2.24, 2.45) is 0 Å². The van der Waals surface area contributed by atoms with Crippen molar-refractivity contribution in [1.29, 1.82) is 0 Å². The highest BCUT2D eigenvalue weighted by Crippen LogP contribution is 2.43. The molecule has 0 spiro atoms. The van der Waals surface area contributed by atoms with Gasteiger partial charge in [0.25, 0.3) is 0 Å². The Hall–Kier alpha value is -6.86. The van der Waals surface area contributed by atoms with E-state index >= 15 is 0 Å². The molecule has 9 rings (SSSR count). The molecule has 0 aliphatic carbocycles. The Kier molecular flexibility index (Phi) is 7.89. The van der Waals surface area contributed by atoms with E-state index in [1.54, 1.807) is 18.2 Å². The van der Waals surface area contributed by atoms with Crippen LogP contribution >= 0.6 is 0 Å². The predicted molar refractivity (Wildman–Crippen MR) is 206 cm³/mol. The van der Waals surface area contributed by atoms with Crippen molar-refractivity contribution in [1.82, 2.24) is 19.5 Å². The van der Waals surface area contributed by atoms with Crippen LogP contribution in [0.3, 0.4) is 0 Å². The minimum Gasteiger partial charge on any atom is -0.309 e. The second-order valence-electron chi connectivity index (χ2n) is 12.8. The smallest absolute Gasteiger partial charge is 0.309 e. The quantitative estimate of drug-likeness (QED) is 0.174. The summed E-state index contributed by atoms with van der Waals surface area (Å²) in [5.41, 5.74) is 6.39. The van der Waals surface area contributed by atoms with Crippen LogP contribution in [0.4, 0.5) is 13.2 Å². The zero-order valence-corrected chi connectivity index (χ0v) is 28.2. The molecule has 7 heteroatoms. The van der Waals surface area contributed by atoms with Gasteiger partial charge < -0.3 is 4.57 Å². The molecule has 9 aromatic rings. The summed E-state index contributed by atoms with van der Waals surface area (Å²) in [5.74, 6) is 1.39. The number of alkyl halides is 3. The van der Waals surface area contributed by atoms with Gasteiger partial charge in [-0.05, 0) is 41.0 Å². The SMILES string of the molecule is FC(F)(F)c1ccccc1-c1ccc(-c2nc(-c3ccccc3)nc(-c3ccccc3)n2)cc1-n1c2ccccc2c2ccc(-c3ccccc3)cc21. The summed E-state index contributed by atoms with van der Waals surface area (Å²) in [4.78, 5) is 14.7. The highest BCUT2D eigenvalue weighted by Gasteiger charge is 2.34. The molecule has 0 aliphatic rings. The lowest BCUT2D eigenvalue weighted by atomic mass is 9.96. The van der Waals surface area contributed by atoms with Crippen molar-refractivity contribution in [3.8, 4) is 62.1 Å². The molecule has 7 aromatic carbocycles. The third-order valence-electron chi connectivity index (χ3n) is 9.50. The van der Waals surface area contributed by atoms with Crippen LogP contribution in [0.25, 0.3) is 83.9 Å². The van der Waals surface area contributed by atoms with Gasteiger partial charge in [-0.3, -0.25) is 0 Å². The van der Waals surface area contributed by atoms with Gasteiger partial charge in [0.15, 0.2) is 17.5 Å². The van der Waals surface area contributed by atoms with Gasteiger partial charge in [0.05, 0.1) is 22.3 Å². The fraction of sp³-hybridized carbons (Fsp3) is 0.0217. The number of benzene rings is 7. The maximum atomic E-state index is 14.7. The minimum atomic E-state index is -4.57. The Morgan fingerprint density at radius 3 is 1.53 bits per heavy atom. The molecule has 0 saturated carbocycles. The maximum Gasteiger partial charge on any atom is 0.417 e. The van der Waals surface area contributed by atoms with Crippen molar-refractivity contribution < 1.29 is 13.2 Å². The summed E-state index contributed by atoms with van der Waals surface area (Å²) in [6, 6.07) is 54.9. The topological polar surface area (TPSA) is 43.6 Å². The zero-order valence-electron chi connectivity index (χ0n) is 28.2. The molecule has 0 unspecified atom stereocenters. The van der Waals surface area contributed by atoms with Crippen molar-refractivity contribution in [2.45, 2.75) is 6.18 Å². The lowest BCUT2D eigenvalue weighted by Gasteiger charge is -2.19. The summed E-state index contributed by atoms with van der Waals surface area (Å²) < 4.78 is 46.1. The summed E-state index contributed by atoms with van der Waals surface area (Å²) >= 11 is 0. The predicted octanol–water partition coefficient (Wildman–Crippen LogP) is 12.3. The molecule has 0 atom stereocenters. The van der Waals surface area contributed by atoms with Crippen molar-refractivity contribution in [2.75, 3.05) is 0 Å². The number of rotatable bonds is 6. The molecular weight excluding hydrogens is 666 g/mol. The van der Waals surface area contributed by atoms with Crippen LogP contribution < -0.4 is 0 Å². The number of para-hydroxylation sites is 1. The monoisotopic (exact) mass is 694 g/mol. The molecule has 0 aliphatic heterocycles. The Balaban J connectivity index is 1.36. The first kappa shape index (κ1) is 32.1. The van der Waals surface area contributed by atoms with E-state index in [0.29, 0.717) is 34.3 Å². The summed E-state index contributed by atoms with van der Waals surface area (Å²) in [5, 5.41) is 1.97. The van der Waals surface area contributed by atoms with Gasteiger partial charge >= 0.3 is 6.18 Å². The van der Waals surface area contributed by atoms with Crippen LogP contribution in [0.1, 0.15) is 5.56 Å². The number of nitrogens with zero attached hydrogens (tertiary/aromatic N) is 4. The zero-order chi connectivity index (χ0) is 35.9. The first-order chi connectivity index (χ1) is 25.9. The van der Waals surface area contributed by atoms with Gasteiger partial charge in [0.2, 0.25) is 0 Å². The Labute approximate surface area is 303 Å². The van der Waals surface area contributed by atoms with Crippen molar-refractivity contribution in [3.05, 3.63) is 181 Å². The highest BCUT2D eigenvalue weighted by atomic mass is 19.4. The second-order valence-corrected chi connectivity index (χ2v) is 12.8. The second kappa shape index (κ2) is 13.0. The van der Waals surface area contributed by atoms with Crippen LogP contribution in [-0.2, 0) is 6.18 Å². The van der Waals surface area contributed by atoms with E-state index in [4.69, 9.17) is 15.0 Å². The lowest BCUT2D eigenvalue weighted by Crippen LogP contribution is -2.08. The van der Waals surface area contributed by atoms with Gasteiger partial charge in [-0.2, -0.15) is 13.2 Å². The van der Waals surface area contributed by atoms with E-state index in [1.165, 1.54) is 12.1 Å². The molecular formula is C46H29F3N4. The molecule has 0 saturated heterocycles. The Morgan fingerprint density at radius 1 is 0.377 bits per heavy atom. The molecule has 0 amide bonds. The minimum absolute atomic E-state index is 0.0808. The fourth-order valence-corrected chi connectivity index (χ4v) is 7.03. The van der Waals surface area contributed by atoms with E-state index in [0.717, 1.165) is 50.1 Å². The van der Waals surface area contributed by atoms with Crippen LogP contribution in [0.5, 0.6) is 0 Å². The highest BCUT2D eigenvalue weighted by molar-refractivity contribution is 6.11. The molecule has 0 N–H and O–H groups in total. The van der Waals surface area contributed by atoms with Gasteiger partial charge in [-0.1, -0.05) is 152 Å². The van der Waals surface area contributed by atoms with E-state index in [-0.39, 0.29) is 5.56 Å². The molecule has 0 radical (unpaired) electrons. The third-order valence-corrected chi connectivity index (χ3v) is 9.50. The van der Waals surface area contributed by atoms with Gasteiger partial charge in [0, 0.05) is 33.0 Å². The molecule has 254 valence electrons. The Bertz CT molecular complexity index is 2700. The number of fused-ring (bicyclic) bond motifs is 3. The molecule has 0 bridgehead atoms. The summed E-state index contributed by atoms with van der Waals surface area (Å²) in [6.07, 6.45) is -4.57. The summed E-state index contributed by atoms with van der Waals surface area (Å²) in [6.45, 7) is 0. The molecule has 53 heavy (non-hydrogen) atoms. The van der Waals surface area contributed by atoms with E-state index in [9.17, 15) is 13.2 Å². The summed E-state index contributed by atoms with van der Waals surface area (Å²) in [7, 11) is 0. The number of halogens is 3. The van der Waals surface area contributed by atoms with Crippen LogP contribution in [0.15, 0.2) is 176 Å². The van der Waals surface area contributed by atoms with Crippen LogP contribution in [-0.4, -0.2) is 19.5 Å². The number of hydrogen-bond donors (Lipinski definition) is 0. The number of hydrogen-bond acceptors (Lipinski definition) is 3. The van der Waals surface area contributed by atoms with Crippen LogP contribution in [0.2, 0.25) is 0 Å². The van der Waals surface area contributed by atoms with E-state index in [2.05, 4.69) is 34.9 Å². The van der Waals surface area contributed by atoms with E-state index < -0.39 is 11.7 Å². The van der Waals surface area contributed by atoms with E-state index in [1.807, 2.05) is 109 Å². The van der Waals surface area contributed by atoms with Gasteiger partial charge in [-0.15, -0.1) is 0 Å². The fourth-order valence-electron chi connectivity index (χ4n) is 7.03. The molecule has 2 aromatic heterocycles. The largest absolute Gasteiger partial charge is 0.417 e.